The summed E-state index contributed by atoms with van der Waals surface area (Å²) in [5.74, 6) is 7.70. The van der Waals surface area contributed by atoms with E-state index in [0.29, 0.717) is 19.5 Å². The van der Waals surface area contributed by atoms with Crippen LogP contribution in [0.2, 0.25) is 0 Å². The molecule has 0 unspecified atom stereocenters. The molecule has 6 rings (SSSR count). The Labute approximate surface area is 178 Å². The van der Waals surface area contributed by atoms with Crippen LogP contribution in [-0.4, -0.2) is 64.5 Å². The van der Waals surface area contributed by atoms with E-state index in [9.17, 15) is 10.2 Å². The molecule has 0 amide bonds. The minimum atomic E-state index is -0.918. The molecule has 2 atom stereocenters. The van der Waals surface area contributed by atoms with Crippen molar-refractivity contribution in [2.75, 3.05) is 37.6 Å². The quantitative estimate of drug-likeness (QED) is 0.769. The average Bonchev–Trinajstić information content (AvgIpc) is 3.20. The largest absolute Gasteiger partial charge is 0.391 e. The Morgan fingerprint density at radius 3 is 2.50 bits per heavy atom. The molecule has 2 aromatic rings. The molecule has 2 N–H and O–H groups in total. The number of β-amino-alcohol motifs (C(OH)–C–C–N with tert-alkyl or cyclic N) is 1. The lowest BCUT2D eigenvalue weighted by atomic mass is 9.75. The highest BCUT2D eigenvalue weighted by Crippen LogP contribution is 2.35. The third-order valence-electron chi connectivity index (χ3n) is 6.80. The summed E-state index contributed by atoms with van der Waals surface area (Å²) in [6.45, 7) is 4.24. The van der Waals surface area contributed by atoms with Crippen molar-refractivity contribution in [3.8, 4) is 11.8 Å². The van der Waals surface area contributed by atoms with E-state index in [1.807, 2.05) is 30.3 Å². The molecular formula is C25H29N3O2. The molecule has 4 fully saturated rings. The Hall–Kier alpha value is -2.39. The van der Waals surface area contributed by atoms with Crippen molar-refractivity contribution >= 4 is 5.82 Å². The Kier molecular flexibility index (Phi) is 5.24. The van der Waals surface area contributed by atoms with Crippen LogP contribution in [0.4, 0.5) is 5.82 Å². The van der Waals surface area contributed by atoms with Gasteiger partial charge in [0.2, 0.25) is 0 Å². The van der Waals surface area contributed by atoms with Crippen LogP contribution in [0, 0.1) is 17.8 Å². The molecule has 0 spiro atoms. The van der Waals surface area contributed by atoms with Crippen LogP contribution < -0.4 is 4.90 Å². The third-order valence-corrected chi connectivity index (χ3v) is 6.80. The maximum absolute atomic E-state index is 11.2. The predicted octanol–water partition coefficient (Wildman–Crippen LogP) is 2.05. The second-order valence-corrected chi connectivity index (χ2v) is 8.94. The Balaban J connectivity index is 1.46. The number of hydrogen-bond donors (Lipinski definition) is 2. The molecule has 30 heavy (non-hydrogen) atoms. The number of fused-ring (bicyclic) bond motifs is 3. The third kappa shape index (κ3) is 3.96. The smallest absolute Gasteiger partial charge is 0.141 e. The zero-order chi connectivity index (χ0) is 20.6. The summed E-state index contributed by atoms with van der Waals surface area (Å²) in [5.41, 5.74) is 2.08. The number of rotatable bonds is 3. The summed E-state index contributed by atoms with van der Waals surface area (Å²) < 4.78 is 0. The van der Waals surface area contributed by atoms with Gasteiger partial charge in [-0.25, -0.2) is 4.98 Å². The number of nitrogens with zero attached hydrogens (tertiary/aromatic N) is 3. The minimum Gasteiger partial charge on any atom is -0.391 e. The zero-order valence-corrected chi connectivity index (χ0v) is 17.3. The lowest BCUT2D eigenvalue weighted by Crippen LogP contribution is -2.58. The summed E-state index contributed by atoms with van der Waals surface area (Å²) in [5, 5.41) is 21.1. The fraction of sp³-hybridized carbons (Fsp3) is 0.480. The van der Waals surface area contributed by atoms with Crippen LogP contribution in [-0.2, 0) is 6.42 Å². The number of aliphatic hydroxyl groups is 2. The van der Waals surface area contributed by atoms with Gasteiger partial charge in [-0.1, -0.05) is 42.2 Å². The molecule has 1 aromatic heterocycles. The molecule has 5 nitrogen and oxygen atoms in total. The molecule has 4 aliphatic heterocycles. The van der Waals surface area contributed by atoms with Crippen LogP contribution in [0.25, 0.3) is 0 Å². The van der Waals surface area contributed by atoms with E-state index >= 15 is 0 Å². The van der Waals surface area contributed by atoms with Crippen LogP contribution >= 0.6 is 0 Å². The van der Waals surface area contributed by atoms with Gasteiger partial charge in [0, 0.05) is 37.5 Å². The summed E-state index contributed by atoms with van der Waals surface area (Å²) in [6.07, 6.45) is 3.24. The van der Waals surface area contributed by atoms with Crippen LogP contribution in [0.1, 0.15) is 36.1 Å². The fourth-order valence-electron chi connectivity index (χ4n) is 5.01. The Morgan fingerprint density at radius 2 is 1.83 bits per heavy atom. The average molecular weight is 404 g/mol. The van der Waals surface area contributed by atoms with Gasteiger partial charge in [0.05, 0.1) is 11.8 Å². The lowest BCUT2D eigenvalue weighted by Gasteiger charge is -2.47. The van der Waals surface area contributed by atoms with Gasteiger partial charge in [0.25, 0.3) is 0 Å². The van der Waals surface area contributed by atoms with E-state index in [0.717, 1.165) is 56.0 Å². The molecule has 156 valence electrons. The van der Waals surface area contributed by atoms with Gasteiger partial charge in [-0.15, -0.1) is 0 Å². The molecular weight excluding hydrogens is 374 g/mol. The highest BCUT2D eigenvalue weighted by atomic mass is 16.3. The van der Waals surface area contributed by atoms with E-state index in [1.54, 1.807) is 0 Å². The SMILES string of the molecule is O[C@H]1CCN(c2ccc(C#C[C@@]3(O)CN4CCC3CC4)c(Cc3ccccc3)n2)C1. The number of hydrogen-bond acceptors (Lipinski definition) is 5. The van der Waals surface area contributed by atoms with E-state index in [-0.39, 0.29) is 12.0 Å². The highest BCUT2D eigenvalue weighted by molar-refractivity contribution is 5.50. The van der Waals surface area contributed by atoms with E-state index in [2.05, 4.69) is 33.8 Å². The van der Waals surface area contributed by atoms with Gasteiger partial charge in [0.1, 0.15) is 11.4 Å². The Bertz CT molecular complexity index is 959. The second kappa shape index (κ2) is 8.03. The monoisotopic (exact) mass is 403 g/mol. The van der Waals surface area contributed by atoms with Crippen molar-refractivity contribution in [2.45, 2.75) is 37.4 Å². The standard InChI is InChI=1S/C25H29N3O2/c29-22-11-15-28(17-22)24-7-6-20(23(26-24)16-19-4-2-1-3-5-19)8-12-25(30)18-27-13-9-21(25)10-14-27/h1-7,21-22,29-30H,9-11,13-18H2/t22-,25+/m0/s1. The summed E-state index contributed by atoms with van der Waals surface area (Å²) >= 11 is 0. The minimum absolute atomic E-state index is 0.269. The topological polar surface area (TPSA) is 59.8 Å². The number of piperidine rings is 3. The summed E-state index contributed by atoms with van der Waals surface area (Å²) in [6, 6.07) is 14.3. The molecule has 0 radical (unpaired) electrons. The van der Waals surface area contributed by atoms with E-state index < -0.39 is 5.60 Å². The first kappa shape index (κ1) is 19.6. The van der Waals surface area contributed by atoms with Crippen molar-refractivity contribution in [2.24, 2.45) is 5.92 Å². The normalized spacial score (nSPS) is 30.2. The van der Waals surface area contributed by atoms with Crippen molar-refractivity contribution in [1.29, 1.82) is 0 Å². The van der Waals surface area contributed by atoms with Crippen molar-refractivity contribution in [3.05, 3.63) is 59.3 Å². The van der Waals surface area contributed by atoms with E-state index in [1.165, 1.54) is 5.56 Å². The maximum Gasteiger partial charge on any atom is 0.141 e. The first-order valence-electron chi connectivity index (χ1n) is 11.0. The Morgan fingerprint density at radius 1 is 1.03 bits per heavy atom. The lowest BCUT2D eigenvalue weighted by molar-refractivity contribution is -0.0713. The number of aliphatic hydroxyl groups excluding tert-OH is 1. The number of aromatic nitrogens is 1. The summed E-state index contributed by atoms with van der Waals surface area (Å²) in [4.78, 5) is 9.39. The molecule has 0 saturated carbocycles. The van der Waals surface area contributed by atoms with Gasteiger partial charge in [-0.05, 0) is 50.0 Å². The molecule has 4 saturated heterocycles. The molecule has 1 aromatic carbocycles. The zero-order valence-electron chi connectivity index (χ0n) is 17.3. The van der Waals surface area contributed by atoms with Crippen LogP contribution in [0.5, 0.6) is 0 Å². The highest BCUT2D eigenvalue weighted by Gasteiger charge is 2.44. The van der Waals surface area contributed by atoms with Crippen molar-refractivity contribution < 1.29 is 10.2 Å². The predicted molar refractivity (Wildman–Crippen MR) is 117 cm³/mol. The molecule has 5 heterocycles. The number of pyridine rings is 1. The second-order valence-electron chi connectivity index (χ2n) is 8.94. The first-order chi connectivity index (χ1) is 14.6. The van der Waals surface area contributed by atoms with Crippen molar-refractivity contribution in [3.63, 3.8) is 0 Å². The van der Waals surface area contributed by atoms with E-state index in [4.69, 9.17) is 4.98 Å². The van der Waals surface area contributed by atoms with Gasteiger partial charge < -0.3 is 15.1 Å². The molecule has 5 heteroatoms. The maximum atomic E-state index is 11.2. The molecule has 0 aliphatic carbocycles. The van der Waals surface area contributed by atoms with Gasteiger partial charge in [-0.2, -0.15) is 0 Å². The van der Waals surface area contributed by atoms with Crippen molar-refractivity contribution in [1.82, 2.24) is 9.88 Å². The van der Waals surface area contributed by atoms with Gasteiger partial charge in [-0.3, -0.25) is 4.90 Å². The number of benzene rings is 1. The fourth-order valence-corrected chi connectivity index (χ4v) is 5.01. The molecule has 4 aliphatic rings. The first-order valence-corrected chi connectivity index (χ1v) is 11.0. The number of anilines is 1. The van der Waals surface area contributed by atoms with Crippen LogP contribution in [0.3, 0.4) is 0 Å². The van der Waals surface area contributed by atoms with Gasteiger partial charge in [0.15, 0.2) is 0 Å². The summed E-state index contributed by atoms with van der Waals surface area (Å²) in [7, 11) is 0. The van der Waals surface area contributed by atoms with Gasteiger partial charge >= 0.3 is 0 Å². The molecule has 2 bridgehead atoms. The van der Waals surface area contributed by atoms with Crippen LogP contribution in [0.15, 0.2) is 42.5 Å².